The lowest BCUT2D eigenvalue weighted by molar-refractivity contribution is 0.272. The highest BCUT2D eigenvalue weighted by atomic mass is 16.5. The first-order valence-electron chi connectivity index (χ1n) is 5.25. The van der Waals surface area contributed by atoms with Crippen LogP contribution in [-0.4, -0.2) is 16.7 Å². The first-order chi connectivity index (χ1) is 7.63. The minimum atomic E-state index is -0.316. The normalized spacial score (nSPS) is 11.9. The molecule has 0 bridgehead atoms. The molecular formula is C11H15N3O2. The molecule has 86 valence electrons. The Labute approximate surface area is 93.8 Å². The van der Waals surface area contributed by atoms with Gasteiger partial charge in [-0.15, -0.1) is 0 Å². The average Bonchev–Trinajstić information content (AvgIpc) is 2.89. The molecule has 5 nitrogen and oxygen atoms in total. The summed E-state index contributed by atoms with van der Waals surface area (Å²) in [5, 5.41) is 7.20. The van der Waals surface area contributed by atoms with Gasteiger partial charge in [-0.25, -0.2) is 0 Å². The number of nitrogens with one attached hydrogen (secondary N) is 1. The number of hydrogen-bond donors (Lipinski definition) is 1. The van der Waals surface area contributed by atoms with E-state index in [0.717, 1.165) is 12.1 Å². The molecule has 2 aromatic rings. The Bertz CT molecular complexity index is 446. The Morgan fingerprint density at radius 3 is 2.88 bits per heavy atom. The van der Waals surface area contributed by atoms with E-state index in [2.05, 4.69) is 15.5 Å². The molecule has 0 aromatic carbocycles. The van der Waals surface area contributed by atoms with Crippen LogP contribution in [-0.2, 0) is 5.54 Å². The van der Waals surface area contributed by atoms with Crippen LogP contribution in [0, 0.1) is 0 Å². The summed E-state index contributed by atoms with van der Waals surface area (Å²) in [5.41, 5.74) is 0.506. The van der Waals surface area contributed by atoms with Crippen LogP contribution in [0.5, 0.6) is 0 Å². The van der Waals surface area contributed by atoms with Crippen molar-refractivity contribution in [3.05, 3.63) is 24.5 Å². The van der Waals surface area contributed by atoms with Crippen molar-refractivity contribution in [2.24, 2.45) is 0 Å². The zero-order valence-corrected chi connectivity index (χ0v) is 9.65. The SMILES string of the molecule is CCNC(C)(C)c1nc(-c2ccoc2)no1. The lowest BCUT2D eigenvalue weighted by Crippen LogP contribution is -2.36. The van der Waals surface area contributed by atoms with Crippen LogP contribution in [0.4, 0.5) is 0 Å². The molecule has 0 atom stereocenters. The van der Waals surface area contributed by atoms with Gasteiger partial charge in [-0.2, -0.15) is 4.98 Å². The van der Waals surface area contributed by atoms with E-state index in [-0.39, 0.29) is 5.54 Å². The molecule has 0 aliphatic heterocycles. The van der Waals surface area contributed by atoms with Crippen LogP contribution >= 0.6 is 0 Å². The van der Waals surface area contributed by atoms with E-state index in [4.69, 9.17) is 8.94 Å². The van der Waals surface area contributed by atoms with E-state index in [9.17, 15) is 0 Å². The van der Waals surface area contributed by atoms with Gasteiger partial charge < -0.3 is 14.3 Å². The lowest BCUT2D eigenvalue weighted by atomic mass is 10.1. The molecule has 0 saturated heterocycles. The first-order valence-corrected chi connectivity index (χ1v) is 5.25. The van der Waals surface area contributed by atoms with Crippen LogP contribution in [0.25, 0.3) is 11.4 Å². The van der Waals surface area contributed by atoms with Crippen molar-refractivity contribution in [2.45, 2.75) is 26.3 Å². The van der Waals surface area contributed by atoms with Crippen molar-refractivity contribution in [3.63, 3.8) is 0 Å². The van der Waals surface area contributed by atoms with Crippen LogP contribution in [0.15, 0.2) is 27.5 Å². The van der Waals surface area contributed by atoms with Gasteiger partial charge in [0, 0.05) is 0 Å². The van der Waals surface area contributed by atoms with Crippen molar-refractivity contribution in [2.75, 3.05) is 6.54 Å². The predicted molar refractivity (Wildman–Crippen MR) is 58.7 cm³/mol. The molecular weight excluding hydrogens is 206 g/mol. The van der Waals surface area contributed by atoms with Gasteiger partial charge in [-0.1, -0.05) is 12.1 Å². The third-order valence-corrected chi connectivity index (χ3v) is 2.36. The molecule has 16 heavy (non-hydrogen) atoms. The second-order valence-electron chi connectivity index (χ2n) is 4.09. The van der Waals surface area contributed by atoms with Gasteiger partial charge >= 0.3 is 0 Å². The summed E-state index contributed by atoms with van der Waals surface area (Å²) in [7, 11) is 0. The molecule has 1 N–H and O–H groups in total. The maximum absolute atomic E-state index is 5.24. The van der Waals surface area contributed by atoms with Crippen molar-refractivity contribution in [1.29, 1.82) is 0 Å². The average molecular weight is 221 g/mol. The standard InChI is InChI=1S/C11H15N3O2/c1-4-12-11(2,3)10-13-9(14-16-10)8-5-6-15-7-8/h5-7,12H,4H2,1-3H3. The van der Waals surface area contributed by atoms with E-state index < -0.39 is 0 Å². The van der Waals surface area contributed by atoms with Crippen LogP contribution < -0.4 is 5.32 Å². The van der Waals surface area contributed by atoms with Crippen LogP contribution in [0.3, 0.4) is 0 Å². The molecule has 2 aromatic heterocycles. The van der Waals surface area contributed by atoms with Gasteiger partial charge in [-0.3, -0.25) is 0 Å². The number of aromatic nitrogens is 2. The van der Waals surface area contributed by atoms with Crippen molar-refractivity contribution < 1.29 is 8.94 Å². The third kappa shape index (κ3) is 1.99. The Morgan fingerprint density at radius 1 is 1.44 bits per heavy atom. The fraction of sp³-hybridized carbons (Fsp3) is 0.455. The van der Waals surface area contributed by atoms with E-state index in [1.807, 2.05) is 20.8 Å². The van der Waals surface area contributed by atoms with Gasteiger partial charge in [-0.05, 0) is 26.5 Å². The fourth-order valence-corrected chi connectivity index (χ4v) is 1.50. The van der Waals surface area contributed by atoms with Crippen LogP contribution in [0.2, 0.25) is 0 Å². The summed E-state index contributed by atoms with van der Waals surface area (Å²) in [5.74, 6) is 1.13. The first kappa shape index (κ1) is 10.9. The summed E-state index contributed by atoms with van der Waals surface area (Å²) < 4.78 is 10.2. The Kier molecular flexibility index (Phi) is 2.78. The highest BCUT2D eigenvalue weighted by Crippen LogP contribution is 2.22. The summed E-state index contributed by atoms with van der Waals surface area (Å²) in [6, 6.07) is 1.80. The van der Waals surface area contributed by atoms with E-state index in [0.29, 0.717) is 11.7 Å². The third-order valence-electron chi connectivity index (χ3n) is 2.36. The smallest absolute Gasteiger partial charge is 0.246 e. The Morgan fingerprint density at radius 2 is 2.25 bits per heavy atom. The lowest BCUT2D eigenvalue weighted by Gasteiger charge is -2.20. The topological polar surface area (TPSA) is 64.1 Å². The van der Waals surface area contributed by atoms with E-state index >= 15 is 0 Å². The maximum Gasteiger partial charge on any atom is 0.246 e. The molecule has 2 rings (SSSR count). The fourth-order valence-electron chi connectivity index (χ4n) is 1.50. The Hall–Kier alpha value is -1.62. The Balaban J connectivity index is 2.26. The molecule has 5 heteroatoms. The molecule has 0 fully saturated rings. The molecule has 0 radical (unpaired) electrons. The zero-order valence-electron chi connectivity index (χ0n) is 9.65. The predicted octanol–water partition coefficient (Wildman–Crippen LogP) is 2.17. The second-order valence-corrected chi connectivity index (χ2v) is 4.09. The van der Waals surface area contributed by atoms with Gasteiger partial charge in [0.25, 0.3) is 0 Å². The summed E-state index contributed by atoms with van der Waals surface area (Å²) in [6.07, 6.45) is 3.18. The van der Waals surface area contributed by atoms with Gasteiger partial charge in [0.1, 0.15) is 6.26 Å². The highest BCUT2D eigenvalue weighted by molar-refractivity contribution is 5.51. The van der Waals surface area contributed by atoms with E-state index in [1.54, 1.807) is 18.6 Å². The van der Waals surface area contributed by atoms with Crippen LogP contribution in [0.1, 0.15) is 26.7 Å². The largest absolute Gasteiger partial charge is 0.472 e. The zero-order chi connectivity index (χ0) is 11.6. The quantitative estimate of drug-likeness (QED) is 0.857. The highest BCUT2D eigenvalue weighted by Gasteiger charge is 2.26. The molecule has 0 amide bonds. The van der Waals surface area contributed by atoms with Crippen molar-refractivity contribution in [3.8, 4) is 11.4 Å². The molecule has 0 unspecified atom stereocenters. The summed E-state index contributed by atoms with van der Waals surface area (Å²) in [6.45, 7) is 6.89. The van der Waals surface area contributed by atoms with Gasteiger partial charge in [0.2, 0.25) is 11.7 Å². The molecule has 0 aliphatic rings. The summed E-state index contributed by atoms with van der Waals surface area (Å²) >= 11 is 0. The second kappa shape index (κ2) is 4.09. The molecule has 0 aliphatic carbocycles. The summed E-state index contributed by atoms with van der Waals surface area (Å²) in [4.78, 5) is 4.34. The number of furan rings is 1. The van der Waals surface area contributed by atoms with Gasteiger partial charge in [0.15, 0.2) is 0 Å². The minimum Gasteiger partial charge on any atom is -0.472 e. The maximum atomic E-state index is 5.24. The molecule has 2 heterocycles. The van der Waals surface area contributed by atoms with Crippen molar-refractivity contribution >= 4 is 0 Å². The molecule has 0 spiro atoms. The number of hydrogen-bond acceptors (Lipinski definition) is 5. The van der Waals surface area contributed by atoms with Crippen molar-refractivity contribution in [1.82, 2.24) is 15.5 Å². The number of rotatable bonds is 4. The minimum absolute atomic E-state index is 0.316. The van der Waals surface area contributed by atoms with Gasteiger partial charge in [0.05, 0.1) is 17.4 Å². The number of nitrogens with zero attached hydrogens (tertiary/aromatic N) is 2. The molecule has 0 saturated carbocycles. The monoisotopic (exact) mass is 221 g/mol. The van der Waals surface area contributed by atoms with E-state index in [1.165, 1.54) is 0 Å².